The Morgan fingerprint density at radius 2 is 1.12 bits per heavy atom. The predicted molar refractivity (Wildman–Crippen MR) is 86.2 cm³/mol. The minimum Gasteiger partial charge on any atom is -0.481 e. The zero-order valence-electron chi connectivity index (χ0n) is 14.7. The van der Waals surface area contributed by atoms with Crippen molar-refractivity contribution in [2.45, 2.75) is 32.6 Å². The Morgan fingerprint density at radius 3 is 1.60 bits per heavy atom. The van der Waals surface area contributed by atoms with Gasteiger partial charge in [-0.15, -0.1) is 0 Å². The van der Waals surface area contributed by atoms with Gasteiger partial charge in [0, 0.05) is 19.8 Å². The van der Waals surface area contributed by atoms with Crippen LogP contribution >= 0.6 is 0 Å². The number of esters is 2. The first-order valence-electron chi connectivity index (χ1n) is 8.26. The fraction of sp³-hybridized carbons (Fsp3) is 0.812. The summed E-state index contributed by atoms with van der Waals surface area (Å²) in [6.07, 6.45) is 1.25. The number of carboxylic acids is 1. The van der Waals surface area contributed by atoms with Crippen LogP contribution in [0.5, 0.6) is 0 Å². The van der Waals surface area contributed by atoms with Crippen LogP contribution in [0.1, 0.15) is 32.6 Å². The molecule has 0 aromatic rings. The highest BCUT2D eigenvalue weighted by atomic mass is 16.6. The molecule has 25 heavy (non-hydrogen) atoms. The van der Waals surface area contributed by atoms with E-state index in [1.807, 2.05) is 0 Å². The van der Waals surface area contributed by atoms with Gasteiger partial charge in [0.15, 0.2) is 0 Å². The van der Waals surface area contributed by atoms with Crippen LogP contribution in [0.4, 0.5) is 0 Å². The van der Waals surface area contributed by atoms with Crippen molar-refractivity contribution in [3.05, 3.63) is 0 Å². The Hall–Kier alpha value is -1.71. The fourth-order valence-electron chi connectivity index (χ4n) is 1.62. The average molecular weight is 364 g/mol. The lowest BCUT2D eigenvalue weighted by atomic mass is 10.2. The number of carboxylic acid groups (broad SMARTS) is 1. The molecular formula is C16H28O9. The van der Waals surface area contributed by atoms with E-state index in [-0.39, 0.29) is 44.6 Å². The number of unbranched alkanes of at least 4 members (excludes halogenated alkanes) is 1. The van der Waals surface area contributed by atoms with E-state index in [2.05, 4.69) is 0 Å². The van der Waals surface area contributed by atoms with E-state index in [1.54, 1.807) is 0 Å². The lowest BCUT2D eigenvalue weighted by molar-refractivity contribution is -0.146. The van der Waals surface area contributed by atoms with Gasteiger partial charge in [-0.25, -0.2) is 0 Å². The van der Waals surface area contributed by atoms with Gasteiger partial charge in [0.1, 0.15) is 13.2 Å². The molecule has 0 saturated heterocycles. The zero-order valence-corrected chi connectivity index (χ0v) is 14.7. The summed E-state index contributed by atoms with van der Waals surface area (Å²) in [7, 11) is 0. The van der Waals surface area contributed by atoms with E-state index in [9.17, 15) is 14.4 Å². The van der Waals surface area contributed by atoms with Crippen molar-refractivity contribution < 1.29 is 43.2 Å². The number of aliphatic carboxylic acids is 1. The molecule has 0 aromatic heterocycles. The molecule has 0 amide bonds. The van der Waals surface area contributed by atoms with Gasteiger partial charge in [-0.1, -0.05) is 0 Å². The van der Waals surface area contributed by atoms with Crippen molar-refractivity contribution >= 4 is 17.9 Å². The second-order valence-electron chi connectivity index (χ2n) is 5.00. The zero-order chi connectivity index (χ0) is 18.8. The summed E-state index contributed by atoms with van der Waals surface area (Å²) in [6, 6.07) is 0. The summed E-state index contributed by atoms with van der Waals surface area (Å²) in [4.78, 5) is 32.1. The maximum atomic E-state index is 11.3. The molecule has 0 radical (unpaired) electrons. The Kier molecular flexibility index (Phi) is 16.0. The van der Waals surface area contributed by atoms with Gasteiger partial charge in [-0.05, 0) is 12.8 Å². The summed E-state index contributed by atoms with van der Waals surface area (Å²) in [5, 5.41) is 8.46. The van der Waals surface area contributed by atoms with Crippen LogP contribution < -0.4 is 0 Å². The number of hydrogen-bond donors (Lipinski definition) is 1. The highest BCUT2D eigenvalue weighted by molar-refractivity contribution is 5.69. The quantitative estimate of drug-likeness (QED) is 0.295. The van der Waals surface area contributed by atoms with Crippen molar-refractivity contribution in [1.82, 2.24) is 0 Å². The van der Waals surface area contributed by atoms with Gasteiger partial charge >= 0.3 is 17.9 Å². The molecule has 146 valence electrons. The lowest BCUT2D eigenvalue weighted by Crippen LogP contribution is -2.14. The van der Waals surface area contributed by atoms with Crippen molar-refractivity contribution in [1.29, 1.82) is 0 Å². The third kappa shape index (κ3) is 20.2. The molecule has 0 atom stereocenters. The van der Waals surface area contributed by atoms with Crippen LogP contribution in [0.25, 0.3) is 0 Å². The molecule has 0 fully saturated rings. The third-order valence-electron chi connectivity index (χ3n) is 2.79. The first-order valence-corrected chi connectivity index (χ1v) is 8.26. The third-order valence-corrected chi connectivity index (χ3v) is 2.79. The van der Waals surface area contributed by atoms with Crippen LogP contribution in [-0.4, -0.2) is 75.9 Å². The van der Waals surface area contributed by atoms with Gasteiger partial charge < -0.3 is 28.8 Å². The summed E-state index contributed by atoms with van der Waals surface area (Å²) in [5.74, 6) is -1.55. The van der Waals surface area contributed by atoms with E-state index in [1.165, 1.54) is 6.92 Å². The minimum absolute atomic E-state index is 0.0631. The number of rotatable bonds is 17. The number of ether oxygens (including phenoxy) is 5. The van der Waals surface area contributed by atoms with Crippen LogP contribution in [0.15, 0.2) is 0 Å². The number of carbonyl (C=O) groups is 3. The smallest absolute Gasteiger partial charge is 0.305 e. The molecule has 0 spiro atoms. The van der Waals surface area contributed by atoms with Crippen LogP contribution in [0.2, 0.25) is 0 Å². The summed E-state index contributed by atoms with van der Waals surface area (Å²) >= 11 is 0. The van der Waals surface area contributed by atoms with Crippen molar-refractivity contribution in [3.8, 4) is 0 Å². The van der Waals surface area contributed by atoms with Gasteiger partial charge in [-0.3, -0.25) is 14.4 Å². The molecular weight excluding hydrogens is 336 g/mol. The number of hydrogen-bond acceptors (Lipinski definition) is 8. The van der Waals surface area contributed by atoms with Gasteiger partial charge in [0.25, 0.3) is 0 Å². The SMILES string of the molecule is CC(=O)OCCOCCOCCOCCOC(=O)CCCCC(=O)O. The summed E-state index contributed by atoms with van der Waals surface area (Å²) in [6.45, 7) is 3.94. The first-order chi connectivity index (χ1) is 12.0. The first kappa shape index (κ1) is 23.3. The van der Waals surface area contributed by atoms with Crippen molar-refractivity contribution in [3.63, 3.8) is 0 Å². The molecule has 0 aliphatic rings. The van der Waals surface area contributed by atoms with E-state index >= 15 is 0 Å². The Labute approximate surface area is 147 Å². The highest BCUT2D eigenvalue weighted by Gasteiger charge is 2.04. The Balaban J connectivity index is 3.16. The normalized spacial score (nSPS) is 10.4. The molecule has 0 heterocycles. The fourth-order valence-corrected chi connectivity index (χ4v) is 1.62. The van der Waals surface area contributed by atoms with Gasteiger partial charge in [-0.2, -0.15) is 0 Å². The highest BCUT2D eigenvalue weighted by Crippen LogP contribution is 2.01. The van der Waals surface area contributed by atoms with Crippen molar-refractivity contribution in [2.75, 3.05) is 52.9 Å². The van der Waals surface area contributed by atoms with E-state index in [0.29, 0.717) is 45.9 Å². The standard InChI is InChI=1S/C16H28O9/c1-14(17)24-12-10-22-8-6-21-7-9-23-11-13-25-16(20)5-3-2-4-15(18)19/h2-13H2,1H3,(H,18,19). The molecule has 9 nitrogen and oxygen atoms in total. The van der Waals surface area contributed by atoms with Crippen LogP contribution in [0, 0.1) is 0 Å². The molecule has 0 rings (SSSR count). The maximum Gasteiger partial charge on any atom is 0.305 e. The lowest BCUT2D eigenvalue weighted by Gasteiger charge is -2.07. The monoisotopic (exact) mass is 364 g/mol. The van der Waals surface area contributed by atoms with E-state index in [0.717, 1.165) is 0 Å². The van der Waals surface area contributed by atoms with Crippen LogP contribution in [-0.2, 0) is 38.1 Å². The summed E-state index contributed by atoms with van der Waals surface area (Å²) < 4.78 is 25.3. The largest absolute Gasteiger partial charge is 0.481 e. The predicted octanol–water partition coefficient (Wildman–Crippen LogP) is 0.788. The average Bonchev–Trinajstić information content (AvgIpc) is 2.55. The Bertz CT molecular complexity index is 371. The molecule has 0 aromatic carbocycles. The Morgan fingerprint density at radius 1 is 0.680 bits per heavy atom. The molecule has 0 aliphatic heterocycles. The topological polar surface area (TPSA) is 118 Å². The van der Waals surface area contributed by atoms with E-state index in [4.69, 9.17) is 28.8 Å². The molecule has 1 N–H and O–H groups in total. The van der Waals surface area contributed by atoms with Gasteiger partial charge in [0.2, 0.25) is 0 Å². The van der Waals surface area contributed by atoms with Crippen molar-refractivity contribution in [2.24, 2.45) is 0 Å². The van der Waals surface area contributed by atoms with Gasteiger partial charge in [0.05, 0.1) is 39.6 Å². The second kappa shape index (κ2) is 17.1. The molecule has 9 heteroatoms. The molecule has 0 saturated carbocycles. The van der Waals surface area contributed by atoms with E-state index < -0.39 is 5.97 Å². The minimum atomic E-state index is -0.863. The second-order valence-corrected chi connectivity index (χ2v) is 5.00. The maximum absolute atomic E-state index is 11.3. The number of carbonyl (C=O) groups excluding carboxylic acids is 2. The molecule has 0 unspecified atom stereocenters. The molecule has 0 aliphatic carbocycles. The summed E-state index contributed by atoms with van der Waals surface area (Å²) in [5.41, 5.74) is 0. The molecule has 0 bridgehead atoms. The van der Waals surface area contributed by atoms with Crippen LogP contribution in [0.3, 0.4) is 0 Å².